The molecular formula is C15H17N5. The van der Waals surface area contributed by atoms with E-state index >= 15 is 0 Å². The van der Waals surface area contributed by atoms with Gasteiger partial charge >= 0.3 is 0 Å². The predicted molar refractivity (Wildman–Crippen MR) is 78.8 cm³/mol. The van der Waals surface area contributed by atoms with Crippen molar-refractivity contribution >= 4 is 5.69 Å². The Kier molecular flexibility index (Phi) is 3.50. The molecule has 0 aliphatic rings. The lowest BCUT2D eigenvalue weighted by molar-refractivity contribution is 0.723. The molecule has 0 unspecified atom stereocenters. The molecule has 3 aromatic rings. The summed E-state index contributed by atoms with van der Waals surface area (Å²) in [6.07, 6.45) is 5.62. The summed E-state index contributed by atoms with van der Waals surface area (Å²) >= 11 is 0. The molecule has 0 saturated heterocycles. The highest BCUT2D eigenvalue weighted by Gasteiger charge is 2.05. The van der Waals surface area contributed by atoms with Crippen LogP contribution in [0.25, 0.3) is 5.69 Å². The maximum atomic E-state index is 4.05. The zero-order chi connectivity index (χ0) is 13.8. The Labute approximate surface area is 117 Å². The number of rotatable bonds is 5. The Morgan fingerprint density at radius 2 is 2.00 bits per heavy atom. The van der Waals surface area contributed by atoms with Crippen molar-refractivity contribution in [3.05, 3.63) is 60.7 Å². The Morgan fingerprint density at radius 1 is 1.10 bits per heavy atom. The van der Waals surface area contributed by atoms with E-state index < -0.39 is 0 Å². The third-order valence-corrected chi connectivity index (χ3v) is 3.30. The van der Waals surface area contributed by atoms with E-state index in [1.807, 2.05) is 24.4 Å². The fraction of sp³-hybridized carbons (Fsp3) is 0.200. The van der Waals surface area contributed by atoms with E-state index in [-0.39, 0.29) is 0 Å². The lowest BCUT2D eigenvalue weighted by Gasteiger charge is -2.12. The number of aryl methyl sites for hydroxylation is 1. The largest absolute Gasteiger partial charge is 0.378 e. The number of benzene rings is 1. The highest BCUT2D eigenvalue weighted by Crippen LogP contribution is 2.19. The van der Waals surface area contributed by atoms with Crippen molar-refractivity contribution in [3.8, 4) is 5.69 Å². The molecule has 0 atom stereocenters. The molecule has 0 amide bonds. The minimum atomic E-state index is 0.784. The van der Waals surface area contributed by atoms with Crippen molar-refractivity contribution in [3.63, 3.8) is 0 Å². The van der Waals surface area contributed by atoms with E-state index in [1.54, 1.807) is 10.9 Å². The van der Waals surface area contributed by atoms with Crippen molar-refractivity contribution in [2.75, 3.05) is 5.32 Å². The van der Waals surface area contributed by atoms with Gasteiger partial charge in [-0.25, -0.2) is 4.68 Å². The van der Waals surface area contributed by atoms with Gasteiger partial charge in [-0.15, -0.1) is 5.10 Å². The van der Waals surface area contributed by atoms with Crippen LogP contribution < -0.4 is 5.32 Å². The van der Waals surface area contributed by atoms with Gasteiger partial charge in [0.05, 0.1) is 30.3 Å². The zero-order valence-corrected chi connectivity index (χ0v) is 11.4. The maximum absolute atomic E-state index is 4.05. The summed E-state index contributed by atoms with van der Waals surface area (Å²) in [5.74, 6) is 0. The standard InChI is InChI=1S/C15H17N5/c1-2-19-10-5-6-13(19)12-16-14-7-3-4-8-15(14)20-11-9-17-18-20/h3-11,16H,2,12H2,1H3. The smallest absolute Gasteiger partial charge is 0.0894 e. The molecule has 0 aliphatic heterocycles. The molecule has 2 aromatic heterocycles. The number of aromatic nitrogens is 4. The molecule has 5 nitrogen and oxygen atoms in total. The molecule has 1 N–H and O–H groups in total. The van der Waals surface area contributed by atoms with Crippen LogP contribution in [0.4, 0.5) is 5.69 Å². The Balaban J connectivity index is 1.81. The number of hydrogen-bond donors (Lipinski definition) is 1. The van der Waals surface area contributed by atoms with Gasteiger partial charge in [0, 0.05) is 18.4 Å². The van der Waals surface area contributed by atoms with E-state index in [0.717, 1.165) is 24.5 Å². The molecule has 3 rings (SSSR count). The third-order valence-electron chi connectivity index (χ3n) is 3.30. The molecule has 0 aliphatic carbocycles. The van der Waals surface area contributed by atoms with Crippen LogP contribution in [0, 0.1) is 0 Å². The number of anilines is 1. The second kappa shape index (κ2) is 5.61. The fourth-order valence-corrected chi connectivity index (χ4v) is 2.26. The minimum Gasteiger partial charge on any atom is -0.378 e. The third kappa shape index (κ3) is 2.42. The summed E-state index contributed by atoms with van der Waals surface area (Å²) < 4.78 is 3.99. The van der Waals surface area contributed by atoms with Crippen LogP contribution in [-0.4, -0.2) is 19.6 Å². The van der Waals surface area contributed by atoms with Crippen LogP contribution in [0.1, 0.15) is 12.6 Å². The Morgan fingerprint density at radius 3 is 2.80 bits per heavy atom. The van der Waals surface area contributed by atoms with Gasteiger partial charge < -0.3 is 9.88 Å². The van der Waals surface area contributed by atoms with Crippen molar-refractivity contribution in [2.24, 2.45) is 0 Å². The van der Waals surface area contributed by atoms with Gasteiger partial charge in [0.15, 0.2) is 0 Å². The van der Waals surface area contributed by atoms with Crippen LogP contribution in [-0.2, 0) is 13.1 Å². The van der Waals surface area contributed by atoms with E-state index in [4.69, 9.17) is 0 Å². The van der Waals surface area contributed by atoms with E-state index in [1.165, 1.54) is 5.69 Å². The molecule has 0 bridgehead atoms. The zero-order valence-electron chi connectivity index (χ0n) is 11.4. The molecule has 0 radical (unpaired) electrons. The molecule has 0 spiro atoms. The first-order valence-electron chi connectivity index (χ1n) is 6.72. The lowest BCUT2D eigenvalue weighted by Crippen LogP contribution is -2.08. The van der Waals surface area contributed by atoms with Crippen molar-refractivity contribution in [1.82, 2.24) is 19.6 Å². The number of nitrogens with one attached hydrogen (secondary N) is 1. The van der Waals surface area contributed by atoms with Crippen LogP contribution in [0.2, 0.25) is 0 Å². The van der Waals surface area contributed by atoms with Gasteiger partial charge in [-0.1, -0.05) is 17.3 Å². The molecule has 20 heavy (non-hydrogen) atoms. The van der Waals surface area contributed by atoms with Crippen LogP contribution in [0.15, 0.2) is 55.0 Å². The highest BCUT2D eigenvalue weighted by atomic mass is 15.4. The van der Waals surface area contributed by atoms with E-state index in [9.17, 15) is 0 Å². The number of hydrogen-bond acceptors (Lipinski definition) is 3. The SMILES string of the molecule is CCn1cccc1CNc1ccccc1-n1ccnn1. The normalized spacial score (nSPS) is 10.7. The number of nitrogens with zero attached hydrogens (tertiary/aromatic N) is 4. The minimum absolute atomic E-state index is 0.784. The second-order valence-corrected chi connectivity index (χ2v) is 4.50. The Hall–Kier alpha value is -2.56. The maximum Gasteiger partial charge on any atom is 0.0894 e. The van der Waals surface area contributed by atoms with Crippen LogP contribution in [0.3, 0.4) is 0 Å². The summed E-state index contributed by atoms with van der Waals surface area (Å²) in [7, 11) is 0. The van der Waals surface area contributed by atoms with Gasteiger partial charge in [0.2, 0.25) is 0 Å². The fourth-order valence-electron chi connectivity index (χ4n) is 2.26. The molecule has 5 heteroatoms. The first-order valence-corrected chi connectivity index (χ1v) is 6.72. The average Bonchev–Trinajstić information content (AvgIpc) is 3.16. The number of para-hydroxylation sites is 2. The average molecular weight is 267 g/mol. The van der Waals surface area contributed by atoms with Gasteiger partial charge in [-0.3, -0.25) is 0 Å². The Bertz CT molecular complexity index is 669. The van der Waals surface area contributed by atoms with Gasteiger partial charge in [-0.2, -0.15) is 0 Å². The molecule has 2 heterocycles. The summed E-state index contributed by atoms with van der Waals surface area (Å²) in [5.41, 5.74) is 3.31. The summed E-state index contributed by atoms with van der Waals surface area (Å²) in [6, 6.07) is 12.3. The first kappa shape index (κ1) is 12.5. The molecule has 0 fully saturated rings. The first-order chi connectivity index (χ1) is 9.88. The van der Waals surface area contributed by atoms with Crippen LogP contribution >= 0.6 is 0 Å². The summed E-state index contributed by atoms with van der Waals surface area (Å²) in [4.78, 5) is 0. The molecular weight excluding hydrogens is 250 g/mol. The monoisotopic (exact) mass is 267 g/mol. The quantitative estimate of drug-likeness (QED) is 0.773. The molecule has 102 valence electrons. The van der Waals surface area contributed by atoms with Crippen molar-refractivity contribution in [2.45, 2.75) is 20.0 Å². The van der Waals surface area contributed by atoms with Gasteiger partial charge in [0.25, 0.3) is 0 Å². The van der Waals surface area contributed by atoms with Crippen LogP contribution in [0.5, 0.6) is 0 Å². The van der Waals surface area contributed by atoms with E-state index in [0.29, 0.717) is 0 Å². The lowest BCUT2D eigenvalue weighted by atomic mass is 10.2. The predicted octanol–water partition coefficient (Wildman–Crippen LogP) is 2.70. The summed E-state index contributed by atoms with van der Waals surface area (Å²) in [5, 5.41) is 11.4. The summed E-state index contributed by atoms with van der Waals surface area (Å²) in [6.45, 7) is 3.91. The van der Waals surface area contributed by atoms with Gasteiger partial charge in [0.1, 0.15) is 0 Å². The van der Waals surface area contributed by atoms with Crippen molar-refractivity contribution < 1.29 is 0 Å². The molecule has 1 aromatic carbocycles. The second-order valence-electron chi connectivity index (χ2n) is 4.50. The van der Waals surface area contributed by atoms with Gasteiger partial charge in [-0.05, 0) is 31.2 Å². The molecule has 0 saturated carbocycles. The van der Waals surface area contributed by atoms with Crippen molar-refractivity contribution in [1.29, 1.82) is 0 Å². The topological polar surface area (TPSA) is 47.7 Å². The highest BCUT2D eigenvalue weighted by molar-refractivity contribution is 5.60. The van der Waals surface area contributed by atoms with E-state index in [2.05, 4.69) is 51.5 Å².